The van der Waals surface area contributed by atoms with E-state index in [0.717, 1.165) is 159 Å². The van der Waals surface area contributed by atoms with Crippen LogP contribution in [0, 0.1) is 0 Å². The number of phenols is 2. The SMILES string of the molecule is CCCCCCc1ccc(-c2c(-c3ccccc3)c(-c3ccc(O)cc3)c(-c3ccccc3)c(-c3ccc(-c4c(-c5ccccc5)c(-c5ccc(O)cc5)c(-c5ccccc5)c(-c5ccc(CCCCCC)cc5)c4-c4ccccc4)cc3)c2-c2ccccc2)cc1. The van der Waals surface area contributed by atoms with Crippen LogP contribution in [0.5, 0.6) is 11.5 Å². The highest BCUT2D eigenvalue weighted by Crippen LogP contribution is 2.59. The monoisotopic (exact) mass is 1190 g/mol. The minimum absolute atomic E-state index is 0.218. The van der Waals surface area contributed by atoms with E-state index >= 15 is 0 Å². The van der Waals surface area contributed by atoms with Gasteiger partial charge in [0.2, 0.25) is 0 Å². The lowest BCUT2D eigenvalue weighted by atomic mass is 9.73. The Kier molecular flexibility index (Phi) is 18.7. The molecule has 2 nitrogen and oxygen atoms in total. The van der Waals surface area contributed by atoms with Crippen molar-refractivity contribution in [2.24, 2.45) is 0 Å². The summed E-state index contributed by atoms with van der Waals surface area (Å²) in [4.78, 5) is 0. The van der Waals surface area contributed by atoms with E-state index in [9.17, 15) is 10.2 Å². The Hall–Kier alpha value is -10.5. The molecule has 0 aliphatic carbocycles. The minimum Gasteiger partial charge on any atom is -0.508 e. The van der Waals surface area contributed by atoms with Crippen molar-refractivity contribution < 1.29 is 10.2 Å². The number of unbranched alkanes of at least 4 members (excludes halogenated alkanes) is 6. The quantitative estimate of drug-likeness (QED) is 0.0664. The van der Waals surface area contributed by atoms with Gasteiger partial charge in [-0.1, -0.05) is 331 Å². The molecule has 0 atom stereocenters. The number of hydrogen-bond acceptors (Lipinski definition) is 2. The summed E-state index contributed by atoms with van der Waals surface area (Å²) in [6, 6.07) is 110. The van der Waals surface area contributed by atoms with E-state index in [1.54, 1.807) is 0 Å². The van der Waals surface area contributed by atoms with Crippen molar-refractivity contribution in [2.75, 3.05) is 0 Å². The summed E-state index contributed by atoms with van der Waals surface area (Å²) in [5.74, 6) is 0.437. The molecule has 0 aliphatic rings. The van der Waals surface area contributed by atoms with Crippen molar-refractivity contribution in [3.8, 4) is 145 Å². The molecule has 0 radical (unpaired) electrons. The second-order valence-electron chi connectivity index (χ2n) is 24.4. The maximum Gasteiger partial charge on any atom is 0.115 e. The van der Waals surface area contributed by atoms with Crippen molar-refractivity contribution in [1.82, 2.24) is 0 Å². The normalized spacial score (nSPS) is 11.2. The average Bonchev–Trinajstić information content (AvgIpc) is 0.725. The fraction of sp³-hybridized carbons (Fsp3) is 0.133. The van der Waals surface area contributed by atoms with Crippen LogP contribution in [0.15, 0.2) is 303 Å². The highest BCUT2D eigenvalue weighted by atomic mass is 16.3. The molecule has 0 saturated carbocycles. The first-order valence-electron chi connectivity index (χ1n) is 33.1. The molecular weight excluding hydrogens is 1110 g/mol. The highest BCUT2D eigenvalue weighted by Gasteiger charge is 2.32. The molecule has 0 spiro atoms. The first-order chi connectivity index (χ1) is 45.4. The topological polar surface area (TPSA) is 40.5 Å². The maximum atomic E-state index is 11.0. The van der Waals surface area contributed by atoms with Crippen LogP contribution < -0.4 is 0 Å². The lowest BCUT2D eigenvalue weighted by Crippen LogP contribution is -2.03. The van der Waals surface area contributed by atoms with Gasteiger partial charge in [0.25, 0.3) is 0 Å². The van der Waals surface area contributed by atoms with Gasteiger partial charge in [-0.05, 0) is 195 Å². The second-order valence-corrected chi connectivity index (χ2v) is 24.4. The molecule has 13 aromatic carbocycles. The summed E-state index contributed by atoms with van der Waals surface area (Å²) in [5, 5.41) is 22.1. The molecule has 0 unspecified atom stereocenters. The van der Waals surface area contributed by atoms with Gasteiger partial charge in [-0.2, -0.15) is 0 Å². The molecule has 92 heavy (non-hydrogen) atoms. The van der Waals surface area contributed by atoms with E-state index in [1.165, 1.54) is 49.7 Å². The standard InChI is InChI=1S/C90H78O2/c1-3-5-7-15-29-63-43-47-71(48-44-63)85-79(65-31-17-9-18-32-65)87(83(69-39-25-13-26-40-69)89(75-55-59-77(91)60-56-75)81(85)67-35-21-11-22-36-67)73-51-53-74(54-52-73)88-80(66-33-19-10-20-34-66)86(72-49-45-64(46-50-72)30-16-8-6-4-2)82(68-37-23-12-24-38-68)90(76-57-61-78(92)62-58-76)84(88)70-41-27-14-28-42-70/h9-14,17-28,31-62,91-92H,3-8,15-16,29-30H2,1-2H3. The lowest BCUT2D eigenvalue weighted by molar-refractivity contribution is 0.475. The molecule has 0 amide bonds. The first kappa shape index (κ1) is 60.4. The molecule has 13 aromatic rings. The third kappa shape index (κ3) is 12.8. The second kappa shape index (κ2) is 28.5. The van der Waals surface area contributed by atoms with Gasteiger partial charge in [0, 0.05) is 0 Å². The number of aromatic hydroxyl groups is 2. The molecule has 0 heterocycles. The van der Waals surface area contributed by atoms with Crippen molar-refractivity contribution in [2.45, 2.75) is 78.1 Å². The minimum atomic E-state index is 0.218. The van der Waals surface area contributed by atoms with Gasteiger partial charge in [-0.15, -0.1) is 0 Å². The fourth-order valence-electron chi connectivity index (χ4n) is 13.8. The molecule has 13 rings (SSSR count). The van der Waals surface area contributed by atoms with Gasteiger partial charge in [0.05, 0.1) is 0 Å². The van der Waals surface area contributed by atoms with Gasteiger partial charge in [-0.25, -0.2) is 0 Å². The Balaban J connectivity index is 1.16. The number of aryl methyl sites for hydroxylation is 2. The van der Waals surface area contributed by atoms with Crippen molar-refractivity contribution in [1.29, 1.82) is 0 Å². The van der Waals surface area contributed by atoms with E-state index in [1.807, 2.05) is 24.3 Å². The van der Waals surface area contributed by atoms with Crippen LogP contribution in [-0.4, -0.2) is 10.2 Å². The zero-order valence-electron chi connectivity index (χ0n) is 52.8. The molecular formula is C90H78O2. The zero-order valence-corrected chi connectivity index (χ0v) is 52.8. The smallest absolute Gasteiger partial charge is 0.115 e. The third-order valence-electron chi connectivity index (χ3n) is 18.3. The van der Waals surface area contributed by atoms with Crippen LogP contribution in [0.4, 0.5) is 0 Å². The molecule has 0 aliphatic heterocycles. The van der Waals surface area contributed by atoms with Crippen LogP contribution in [0.1, 0.15) is 76.3 Å². The Morgan fingerprint density at radius 3 is 0.522 bits per heavy atom. The molecule has 2 heteroatoms. The van der Waals surface area contributed by atoms with Crippen LogP contribution in [-0.2, 0) is 12.8 Å². The molecule has 2 N–H and O–H groups in total. The van der Waals surface area contributed by atoms with Crippen LogP contribution in [0.25, 0.3) is 134 Å². The molecule has 450 valence electrons. The third-order valence-corrected chi connectivity index (χ3v) is 18.3. The molecule has 0 aromatic heterocycles. The van der Waals surface area contributed by atoms with Gasteiger partial charge < -0.3 is 10.2 Å². The summed E-state index contributed by atoms with van der Waals surface area (Å²) < 4.78 is 0. The molecule has 0 saturated heterocycles. The molecule has 0 fully saturated rings. The number of phenolic OH excluding ortho intramolecular Hbond substituents is 2. The van der Waals surface area contributed by atoms with E-state index in [2.05, 4.69) is 293 Å². The average molecular weight is 1190 g/mol. The zero-order chi connectivity index (χ0) is 62.6. The molecule has 0 bridgehead atoms. The maximum absolute atomic E-state index is 11.0. The van der Waals surface area contributed by atoms with Crippen molar-refractivity contribution in [3.63, 3.8) is 0 Å². The summed E-state index contributed by atoms with van der Waals surface area (Å²) in [6.45, 7) is 4.55. The van der Waals surface area contributed by atoms with Crippen LogP contribution in [0.2, 0.25) is 0 Å². The van der Waals surface area contributed by atoms with Crippen molar-refractivity contribution >= 4 is 0 Å². The van der Waals surface area contributed by atoms with Gasteiger partial charge in [-0.3, -0.25) is 0 Å². The summed E-state index contributed by atoms with van der Waals surface area (Å²) in [6.07, 6.45) is 11.8. The predicted octanol–water partition coefficient (Wildman–Crippen LogP) is 25.3. The predicted molar refractivity (Wildman–Crippen MR) is 391 cm³/mol. The van der Waals surface area contributed by atoms with E-state index in [-0.39, 0.29) is 11.5 Å². The Morgan fingerprint density at radius 2 is 0.337 bits per heavy atom. The van der Waals surface area contributed by atoms with Gasteiger partial charge >= 0.3 is 0 Å². The highest BCUT2D eigenvalue weighted by molar-refractivity contribution is 6.17. The largest absolute Gasteiger partial charge is 0.508 e. The Morgan fingerprint density at radius 1 is 0.174 bits per heavy atom. The lowest BCUT2D eigenvalue weighted by Gasteiger charge is -2.30. The fourth-order valence-corrected chi connectivity index (χ4v) is 13.8. The number of benzene rings is 13. The Bertz CT molecular complexity index is 4240. The summed E-state index contributed by atoms with van der Waals surface area (Å²) in [7, 11) is 0. The Labute approximate surface area is 544 Å². The van der Waals surface area contributed by atoms with Crippen LogP contribution in [0.3, 0.4) is 0 Å². The van der Waals surface area contributed by atoms with Crippen LogP contribution >= 0.6 is 0 Å². The van der Waals surface area contributed by atoms with E-state index < -0.39 is 0 Å². The van der Waals surface area contributed by atoms with Gasteiger partial charge in [0.1, 0.15) is 11.5 Å². The summed E-state index contributed by atoms with van der Waals surface area (Å²) >= 11 is 0. The summed E-state index contributed by atoms with van der Waals surface area (Å²) in [5.41, 5.74) is 29.1. The van der Waals surface area contributed by atoms with E-state index in [4.69, 9.17) is 0 Å². The number of rotatable bonds is 22. The van der Waals surface area contributed by atoms with Crippen molar-refractivity contribution in [3.05, 3.63) is 314 Å². The number of hydrogen-bond donors (Lipinski definition) is 2. The van der Waals surface area contributed by atoms with Gasteiger partial charge in [0.15, 0.2) is 0 Å². The van der Waals surface area contributed by atoms with E-state index in [0.29, 0.717) is 0 Å². The first-order valence-corrected chi connectivity index (χ1v) is 33.1.